The predicted octanol–water partition coefficient (Wildman–Crippen LogP) is 4.29. The normalized spacial score (nSPS) is 14.3. The standard InChI is InChI=1S/C19H12BrClN2O7/c1-9(24)29-17-13(20)5-10(7-16(17)28-2)6-15-19(25)30-18(22-15)12-4-3-11(23(26)27)8-14(12)21/h3-8H,1-2H3. The molecule has 154 valence electrons. The number of hydrogen-bond acceptors (Lipinski definition) is 8. The van der Waals surface area contributed by atoms with Gasteiger partial charge in [0.05, 0.1) is 27.1 Å². The molecule has 9 nitrogen and oxygen atoms in total. The molecule has 30 heavy (non-hydrogen) atoms. The van der Waals surface area contributed by atoms with E-state index in [1.807, 2.05) is 0 Å². The van der Waals surface area contributed by atoms with E-state index < -0.39 is 16.9 Å². The number of hydrogen-bond donors (Lipinski definition) is 0. The fourth-order valence-corrected chi connectivity index (χ4v) is 3.34. The van der Waals surface area contributed by atoms with Crippen molar-refractivity contribution < 1.29 is 28.7 Å². The highest BCUT2D eigenvalue weighted by atomic mass is 79.9. The van der Waals surface area contributed by atoms with E-state index in [1.165, 1.54) is 32.2 Å². The summed E-state index contributed by atoms with van der Waals surface area (Å²) in [4.78, 5) is 37.9. The SMILES string of the molecule is COc1cc(C=C2N=C(c3ccc([N+](=O)[O-])cc3Cl)OC2=O)cc(Br)c1OC(C)=O. The Morgan fingerprint density at radius 2 is 2.07 bits per heavy atom. The largest absolute Gasteiger partial charge is 0.493 e. The van der Waals surface area contributed by atoms with Crippen molar-refractivity contribution in [3.05, 3.63) is 66.8 Å². The summed E-state index contributed by atoms with van der Waals surface area (Å²) in [7, 11) is 1.41. The zero-order valence-corrected chi connectivity index (χ0v) is 17.8. The average Bonchev–Trinajstić information content (AvgIpc) is 3.03. The number of carbonyl (C=O) groups is 2. The Balaban J connectivity index is 1.97. The average molecular weight is 496 g/mol. The van der Waals surface area contributed by atoms with E-state index >= 15 is 0 Å². The Hall–Kier alpha value is -3.24. The minimum Gasteiger partial charge on any atom is -0.493 e. The first-order valence-corrected chi connectivity index (χ1v) is 9.39. The smallest absolute Gasteiger partial charge is 0.363 e. The van der Waals surface area contributed by atoms with E-state index in [0.29, 0.717) is 10.0 Å². The van der Waals surface area contributed by atoms with Gasteiger partial charge in [-0.25, -0.2) is 9.79 Å². The summed E-state index contributed by atoms with van der Waals surface area (Å²) in [5.74, 6) is -0.857. The number of aliphatic imine (C=N–C) groups is 1. The van der Waals surface area contributed by atoms with Crippen molar-refractivity contribution in [2.24, 2.45) is 4.99 Å². The van der Waals surface area contributed by atoms with E-state index in [9.17, 15) is 19.7 Å². The molecule has 0 unspecified atom stereocenters. The third-order valence-electron chi connectivity index (χ3n) is 3.82. The maximum atomic E-state index is 12.2. The second kappa shape index (κ2) is 8.64. The van der Waals surface area contributed by atoms with Crippen molar-refractivity contribution in [3.63, 3.8) is 0 Å². The highest BCUT2D eigenvalue weighted by Gasteiger charge is 2.27. The van der Waals surface area contributed by atoms with Crippen molar-refractivity contribution in [2.75, 3.05) is 7.11 Å². The number of non-ortho nitro benzene ring substituents is 1. The third kappa shape index (κ3) is 4.50. The van der Waals surface area contributed by atoms with Crippen molar-refractivity contribution in [1.29, 1.82) is 0 Å². The lowest BCUT2D eigenvalue weighted by Gasteiger charge is -2.11. The lowest BCUT2D eigenvalue weighted by atomic mass is 10.1. The van der Waals surface area contributed by atoms with Gasteiger partial charge in [-0.3, -0.25) is 14.9 Å². The first-order chi connectivity index (χ1) is 14.2. The minimum atomic E-state index is -0.724. The molecule has 0 aliphatic carbocycles. The number of carbonyl (C=O) groups excluding carboxylic acids is 2. The topological polar surface area (TPSA) is 117 Å². The predicted molar refractivity (Wildman–Crippen MR) is 111 cm³/mol. The number of nitro groups is 1. The summed E-state index contributed by atoms with van der Waals surface area (Å²) in [5, 5.41) is 10.9. The van der Waals surface area contributed by atoms with Crippen LogP contribution in [0.2, 0.25) is 5.02 Å². The third-order valence-corrected chi connectivity index (χ3v) is 4.72. The molecule has 1 heterocycles. The highest BCUT2D eigenvalue weighted by molar-refractivity contribution is 9.10. The molecule has 0 atom stereocenters. The number of ether oxygens (including phenoxy) is 3. The maximum absolute atomic E-state index is 12.2. The summed E-state index contributed by atoms with van der Waals surface area (Å²) in [6.07, 6.45) is 1.44. The highest BCUT2D eigenvalue weighted by Crippen LogP contribution is 2.37. The van der Waals surface area contributed by atoms with Crippen LogP contribution in [0.25, 0.3) is 6.08 Å². The van der Waals surface area contributed by atoms with Crippen LogP contribution in [0, 0.1) is 10.1 Å². The molecule has 0 aromatic heterocycles. The Morgan fingerprint density at radius 3 is 2.67 bits per heavy atom. The number of halogens is 2. The van der Waals surface area contributed by atoms with Gasteiger partial charge in [-0.1, -0.05) is 11.6 Å². The van der Waals surface area contributed by atoms with E-state index in [4.69, 9.17) is 25.8 Å². The molecule has 11 heteroatoms. The number of benzene rings is 2. The fourth-order valence-electron chi connectivity index (χ4n) is 2.54. The molecule has 0 amide bonds. The van der Waals surface area contributed by atoms with Crippen LogP contribution in [0.1, 0.15) is 18.1 Å². The minimum absolute atomic E-state index is 0.0198. The van der Waals surface area contributed by atoms with Gasteiger partial charge in [-0.05, 0) is 45.8 Å². The second-order valence-electron chi connectivity index (χ2n) is 5.89. The molecule has 0 saturated carbocycles. The van der Waals surface area contributed by atoms with E-state index in [0.717, 1.165) is 6.07 Å². The number of rotatable bonds is 5. The van der Waals surface area contributed by atoms with E-state index in [-0.39, 0.29) is 39.4 Å². The molecular weight excluding hydrogens is 484 g/mol. The van der Waals surface area contributed by atoms with Crippen LogP contribution in [-0.2, 0) is 14.3 Å². The molecule has 0 N–H and O–H groups in total. The van der Waals surface area contributed by atoms with Gasteiger partial charge in [0.1, 0.15) is 0 Å². The Morgan fingerprint density at radius 1 is 1.33 bits per heavy atom. The van der Waals surface area contributed by atoms with Crippen molar-refractivity contribution in [3.8, 4) is 11.5 Å². The van der Waals surface area contributed by atoms with Crippen LogP contribution in [0.4, 0.5) is 5.69 Å². The summed E-state index contributed by atoms with van der Waals surface area (Å²) in [6.45, 7) is 1.26. The van der Waals surface area contributed by atoms with Gasteiger partial charge in [0.25, 0.3) is 5.69 Å². The van der Waals surface area contributed by atoms with E-state index in [1.54, 1.807) is 12.1 Å². The summed E-state index contributed by atoms with van der Waals surface area (Å²) in [6, 6.07) is 6.88. The molecule has 2 aromatic carbocycles. The molecule has 2 aromatic rings. The Bertz CT molecular complexity index is 1140. The Kier molecular flexibility index (Phi) is 6.18. The zero-order chi connectivity index (χ0) is 22.0. The van der Waals surface area contributed by atoms with Gasteiger partial charge < -0.3 is 14.2 Å². The van der Waals surface area contributed by atoms with Crippen molar-refractivity contribution >= 4 is 57.1 Å². The monoisotopic (exact) mass is 494 g/mol. The molecule has 0 radical (unpaired) electrons. The van der Waals surface area contributed by atoms with Crippen LogP contribution in [0.5, 0.6) is 11.5 Å². The number of esters is 2. The van der Waals surface area contributed by atoms with Gasteiger partial charge >= 0.3 is 11.9 Å². The first kappa shape index (κ1) is 21.5. The van der Waals surface area contributed by atoms with Gasteiger partial charge in [-0.2, -0.15) is 0 Å². The first-order valence-electron chi connectivity index (χ1n) is 8.22. The van der Waals surface area contributed by atoms with Crippen LogP contribution in [0.15, 0.2) is 45.5 Å². The molecule has 1 aliphatic rings. The van der Waals surface area contributed by atoms with E-state index in [2.05, 4.69) is 20.9 Å². The molecule has 3 rings (SSSR count). The molecule has 0 fully saturated rings. The van der Waals surface area contributed by atoms with Crippen LogP contribution in [-0.4, -0.2) is 29.9 Å². The molecule has 0 bridgehead atoms. The Labute approximate surface area is 183 Å². The van der Waals surface area contributed by atoms with Crippen LogP contribution in [0.3, 0.4) is 0 Å². The lowest BCUT2D eigenvalue weighted by molar-refractivity contribution is -0.384. The summed E-state index contributed by atoms with van der Waals surface area (Å²) >= 11 is 9.37. The molecule has 1 aliphatic heterocycles. The van der Waals surface area contributed by atoms with Gasteiger partial charge in [0.15, 0.2) is 17.2 Å². The zero-order valence-electron chi connectivity index (χ0n) is 15.5. The maximum Gasteiger partial charge on any atom is 0.363 e. The molecule has 0 spiro atoms. The summed E-state index contributed by atoms with van der Waals surface area (Å²) < 4.78 is 15.9. The van der Waals surface area contributed by atoms with Gasteiger partial charge in [0.2, 0.25) is 5.90 Å². The van der Waals surface area contributed by atoms with Crippen molar-refractivity contribution in [1.82, 2.24) is 0 Å². The van der Waals surface area contributed by atoms with Crippen LogP contribution < -0.4 is 9.47 Å². The fraction of sp³-hybridized carbons (Fsp3) is 0.105. The van der Waals surface area contributed by atoms with Crippen molar-refractivity contribution in [2.45, 2.75) is 6.92 Å². The van der Waals surface area contributed by atoms with Gasteiger partial charge in [0, 0.05) is 19.1 Å². The molecular formula is C19H12BrClN2O7. The van der Waals surface area contributed by atoms with Gasteiger partial charge in [-0.15, -0.1) is 0 Å². The quantitative estimate of drug-likeness (QED) is 0.200. The number of nitro benzene ring substituents is 1. The van der Waals surface area contributed by atoms with Crippen LogP contribution >= 0.6 is 27.5 Å². The number of methoxy groups -OCH3 is 1. The molecule has 0 saturated heterocycles. The lowest BCUT2D eigenvalue weighted by Crippen LogP contribution is -2.06. The summed E-state index contributed by atoms with van der Waals surface area (Å²) in [5.41, 5.74) is 0.534. The number of nitrogens with zero attached hydrogens (tertiary/aromatic N) is 2. The second-order valence-corrected chi connectivity index (χ2v) is 7.15. The number of cyclic esters (lactones) is 1.